The molecule has 0 spiro atoms. The molecule has 1 unspecified atom stereocenters. The maximum Gasteiger partial charge on any atom is 0.242 e. The predicted octanol–water partition coefficient (Wildman–Crippen LogP) is 0.901. The van der Waals surface area contributed by atoms with Gasteiger partial charge in [0.15, 0.2) is 0 Å². The van der Waals surface area contributed by atoms with Gasteiger partial charge in [0, 0.05) is 13.7 Å². The molecule has 0 aliphatic carbocycles. The van der Waals surface area contributed by atoms with E-state index in [4.69, 9.17) is 10.5 Å². The van der Waals surface area contributed by atoms with Gasteiger partial charge in [-0.05, 0) is 19.1 Å². The van der Waals surface area contributed by atoms with E-state index in [9.17, 15) is 13.6 Å². The molecule has 1 aromatic rings. The Labute approximate surface area is 104 Å². The quantitative estimate of drug-likeness (QED) is 0.745. The zero-order valence-electron chi connectivity index (χ0n) is 10.3. The number of ether oxygens (including phenoxy) is 1. The molecule has 0 saturated heterocycles. The summed E-state index contributed by atoms with van der Waals surface area (Å²) in [7, 11) is 1.48. The lowest BCUT2D eigenvalue weighted by atomic mass is 9.90. The second kappa shape index (κ2) is 5.88. The molecule has 0 saturated carbocycles. The summed E-state index contributed by atoms with van der Waals surface area (Å²) in [6, 6.07) is 3.39. The Hall–Kier alpha value is -1.53. The molecular weight excluding hydrogens is 242 g/mol. The van der Waals surface area contributed by atoms with Gasteiger partial charge >= 0.3 is 0 Å². The van der Waals surface area contributed by atoms with E-state index in [0.717, 1.165) is 12.1 Å². The summed E-state index contributed by atoms with van der Waals surface area (Å²) in [5.41, 5.74) is 3.25. The van der Waals surface area contributed by atoms with Crippen LogP contribution in [0.3, 0.4) is 0 Å². The molecule has 18 heavy (non-hydrogen) atoms. The third kappa shape index (κ3) is 2.83. The minimum absolute atomic E-state index is 0.240. The Morgan fingerprint density at radius 3 is 2.44 bits per heavy atom. The number of methoxy groups -OCH3 is 1. The van der Waals surface area contributed by atoms with Crippen LogP contribution in [0.5, 0.6) is 0 Å². The number of hydrogen-bond acceptors (Lipinski definition) is 3. The third-order valence-electron chi connectivity index (χ3n) is 2.74. The van der Waals surface area contributed by atoms with Crippen LogP contribution >= 0.6 is 0 Å². The van der Waals surface area contributed by atoms with Crippen molar-refractivity contribution in [1.29, 1.82) is 0 Å². The molecule has 0 fully saturated rings. The van der Waals surface area contributed by atoms with Gasteiger partial charge in [0.25, 0.3) is 0 Å². The molecule has 0 bridgehead atoms. The Morgan fingerprint density at radius 1 is 1.44 bits per heavy atom. The number of nitrogens with two attached hydrogens (primary N) is 1. The van der Waals surface area contributed by atoms with Crippen molar-refractivity contribution < 1.29 is 18.3 Å². The summed E-state index contributed by atoms with van der Waals surface area (Å²) in [5, 5.41) is 2.71. The number of rotatable bonds is 6. The fourth-order valence-corrected chi connectivity index (χ4v) is 1.68. The molecule has 3 N–H and O–H groups in total. The first-order valence-corrected chi connectivity index (χ1v) is 5.42. The molecule has 1 aromatic carbocycles. The molecule has 1 amide bonds. The first-order valence-electron chi connectivity index (χ1n) is 5.42. The monoisotopic (exact) mass is 258 g/mol. The fourth-order valence-electron chi connectivity index (χ4n) is 1.68. The molecule has 4 nitrogen and oxygen atoms in total. The van der Waals surface area contributed by atoms with Gasteiger partial charge in [-0.25, -0.2) is 8.78 Å². The maximum atomic E-state index is 13.7. The lowest BCUT2D eigenvalue weighted by Gasteiger charge is -2.28. The zero-order chi connectivity index (χ0) is 13.8. The minimum Gasteiger partial charge on any atom is -0.383 e. The van der Waals surface area contributed by atoms with Gasteiger partial charge in [-0.3, -0.25) is 10.1 Å². The summed E-state index contributed by atoms with van der Waals surface area (Å²) >= 11 is 0. The zero-order valence-corrected chi connectivity index (χ0v) is 10.3. The van der Waals surface area contributed by atoms with E-state index in [-0.39, 0.29) is 12.1 Å². The molecule has 0 aliphatic rings. The molecule has 6 heteroatoms. The Balaban J connectivity index is 3.15. The van der Waals surface area contributed by atoms with E-state index in [1.54, 1.807) is 0 Å². The second-order valence-electron chi connectivity index (χ2n) is 4.01. The summed E-state index contributed by atoms with van der Waals surface area (Å²) in [6.07, 6.45) is 0. The first kappa shape index (κ1) is 14.5. The van der Waals surface area contributed by atoms with E-state index in [2.05, 4.69) is 5.32 Å². The molecule has 0 aromatic heterocycles. The number of carbonyl (C=O) groups is 1. The van der Waals surface area contributed by atoms with Crippen molar-refractivity contribution in [2.45, 2.75) is 12.5 Å². The van der Waals surface area contributed by atoms with Crippen LogP contribution in [-0.4, -0.2) is 26.2 Å². The lowest BCUT2D eigenvalue weighted by Crippen LogP contribution is -2.52. The van der Waals surface area contributed by atoms with Crippen LogP contribution in [-0.2, 0) is 15.1 Å². The second-order valence-corrected chi connectivity index (χ2v) is 4.01. The smallest absolute Gasteiger partial charge is 0.242 e. The number of carbonyl (C=O) groups excluding carboxylic acids is 1. The number of halogens is 2. The summed E-state index contributed by atoms with van der Waals surface area (Å²) in [6.45, 7) is 1.87. The SMILES string of the molecule is COCCNC(C)(C(N)=O)c1c(F)cccc1F. The summed E-state index contributed by atoms with van der Waals surface area (Å²) in [5.74, 6) is -2.50. The molecule has 0 heterocycles. The van der Waals surface area contributed by atoms with Gasteiger partial charge in [-0.1, -0.05) is 6.07 Å². The Morgan fingerprint density at radius 2 is 2.00 bits per heavy atom. The van der Waals surface area contributed by atoms with Gasteiger partial charge in [0.05, 0.1) is 12.2 Å². The van der Waals surface area contributed by atoms with Crippen LogP contribution in [0, 0.1) is 11.6 Å². The normalized spacial score (nSPS) is 14.2. The van der Waals surface area contributed by atoms with Crippen molar-refractivity contribution in [1.82, 2.24) is 5.32 Å². The lowest BCUT2D eigenvalue weighted by molar-refractivity contribution is -0.124. The van der Waals surface area contributed by atoms with Crippen LogP contribution in [0.2, 0.25) is 0 Å². The van der Waals surface area contributed by atoms with E-state index in [0.29, 0.717) is 6.61 Å². The van der Waals surface area contributed by atoms with E-state index < -0.39 is 23.1 Å². The van der Waals surface area contributed by atoms with Crippen molar-refractivity contribution in [3.05, 3.63) is 35.4 Å². The Bertz CT molecular complexity index is 420. The molecule has 1 rings (SSSR count). The van der Waals surface area contributed by atoms with Crippen LogP contribution in [0.15, 0.2) is 18.2 Å². The highest BCUT2D eigenvalue weighted by Gasteiger charge is 2.37. The van der Waals surface area contributed by atoms with Gasteiger partial charge < -0.3 is 10.5 Å². The number of hydrogen-bond donors (Lipinski definition) is 2. The Kier molecular flexibility index (Phi) is 4.75. The van der Waals surface area contributed by atoms with Crippen molar-refractivity contribution in [3.63, 3.8) is 0 Å². The van der Waals surface area contributed by atoms with Crippen molar-refractivity contribution in [2.75, 3.05) is 20.3 Å². The first-order chi connectivity index (χ1) is 8.43. The average molecular weight is 258 g/mol. The van der Waals surface area contributed by atoms with Gasteiger partial charge in [0.1, 0.15) is 17.2 Å². The van der Waals surface area contributed by atoms with Crippen LogP contribution in [0.25, 0.3) is 0 Å². The van der Waals surface area contributed by atoms with Crippen molar-refractivity contribution in [3.8, 4) is 0 Å². The number of amides is 1. The fraction of sp³-hybridized carbons (Fsp3) is 0.417. The highest BCUT2D eigenvalue weighted by atomic mass is 19.1. The summed E-state index contributed by atoms with van der Waals surface area (Å²) < 4.78 is 32.2. The standard InChI is InChI=1S/C12H16F2N2O2/c1-12(11(15)17,16-6-7-18-2)10-8(13)4-3-5-9(10)14/h3-5,16H,6-7H2,1-2H3,(H2,15,17). The molecule has 0 radical (unpaired) electrons. The van der Waals surface area contributed by atoms with Crippen molar-refractivity contribution >= 4 is 5.91 Å². The van der Waals surface area contributed by atoms with Gasteiger partial charge in [-0.2, -0.15) is 0 Å². The van der Waals surface area contributed by atoms with E-state index in [1.165, 1.54) is 20.1 Å². The van der Waals surface area contributed by atoms with E-state index >= 15 is 0 Å². The van der Waals surface area contributed by atoms with Crippen LogP contribution in [0.1, 0.15) is 12.5 Å². The molecular formula is C12H16F2N2O2. The number of nitrogens with one attached hydrogen (secondary N) is 1. The molecule has 1 atom stereocenters. The van der Waals surface area contributed by atoms with E-state index in [1.807, 2.05) is 0 Å². The maximum absolute atomic E-state index is 13.7. The largest absolute Gasteiger partial charge is 0.383 e. The number of benzene rings is 1. The van der Waals surface area contributed by atoms with Crippen LogP contribution in [0.4, 0.5) is 8.78 Å². The number of primary amides is 1. The molecule has 100 valence electrons. The minimum atomic E-state index is -1.62. The average Bonchev–Trinajstić information content (AvgIpc) is 2.28. The highest BCUT2D eigenvalue weighted by molar-refractivity contribution is 5.85. The summed E-state index contributed by atoms with van der Waals surface area (Å²) in [4.78, 5) is 11.5. The third-order valence-corrected chi connectivity index (χ3v) is 2.74. The molecule has 0 aliphatic heterocycles. The van der Waals surface area contributed by atoms with Crippen LogP contribution < -0.4 is 11.1 Å². The highest BCUT2D eigenvalue weighted by Crippen LogP contribution is 2.26. The van der Waals surface area contributed by atoms with Crippen molar-refractivity contribution in [2.24, 2.45) is 5.73 Å². The topological polar surface area (TPSA) is 64.3 Å². The predicted molar refractivity (Wildman–Crippen MR) is 62.8 cm³/mol. The van der Waals surface area contributed by atoms with Gasteiger partial charge in [0.2, 0.25) is 5.91 Å². The van der Waals surface area contributed by atoms with Gasteiger partial charge in [-0.15, -0.1) is 0 Å².